The zero-order chi connectivity index (χ0) is 42.0. The maximum absolute atomic E-state index is 2.60. The molecule has 1 aliphatic carbocycles. The molecule has 63 heavy (non-hydrogen) atoms. The van der Waals surface area contributed by atoms with E-state index >= 15 is 0 Å². The molecule has 2 heteroatoms. The Labute approximate surface area is 372 Å². The van der Waals surface area contributed by atoms with Gasteiger partial charge in [0.25, 0.3) is 0 Å². The van der Waals surface area contributed by atoms with E-state index in [0.29, 0.717) is 0 Å². The molecule has 0 atom stereocenters. The fourth-order valence-electron chi connectivity index (χ4n) is 10.4. The normalized spacial score (nSPS) is 15.1. The van der Waals surface area contributed by atoms with E-state index in [1.807, 2.05) is 0 Å². The molecule has 0 fully saturated rings. The van der Waals surface area contributed by atoms with Crippen LogP contribution in [0.15, 0.2) is 266 Å². The SMILES string of the molecule is C1=C(B2C(c3ccccc3)=C(c3ccccc3)C(c3ccccc3)=C2c2ccccc2)C=C(B2C(c3ccccc3)=C(c3ccccc3)C(c3ccccc3)=C2c2ccccc2)C1. The van der Waals surface area contributed by atoms with Gasteiger partial charge in [-0.3, -0.25) is 0 Å². The lowest BCUT2D eigenvalue weighted by atomic mass is 9.33. The van der Waals surface area contributed by atoms with Crippen LogP contribution in [0.3, 0.4) is 0 Å². The van der Waals surface area contributed by atoms with E-state index < -0.39 is 0 Å². The van der Waals surface area contributed by atoms with Gasteiger partial charge in [-0.15, -0.1) is 0 Å². The first-order valence-corrected chi connectivity index (χ1v) is 22.1. The molecular formula is C61H44B2. The number of benzene rings is 8. The third-order valence-corrected chi connectivity index (χ3v) is 13.0. The van der Waals surface area contributed by atoms with E-state index in [4.69, 9.17) is 0 Å². The highest BCUT2D eigenvalue weighted by Crippen LogP contribution is 2.56. The minimum Gasteiger partial charge on any atom is -0.0875 e. The fourth-order valence-corrected chi connectivity index (χ4v) is 10.4. The Balaban J connectivity index is 1.20. The summed E-state index contributed by atoms with van der Waals surface area (Å²) in [6, 6.07) is 88.9. The Morgan fingerprint density at radius 3 is 0.714 bits per heavy atom. The summed E-state index contributed by atoms with van der Waals surface area (Å²) in [6.07, 6.45) is 6.00. The first-order valence-electron chi connectivity index (χ1n) is 22.1. The monoisotopic (exact) mass is 798 g/mol. The zero-order valence-electron chi connectivity index (χ0n) is 35.1. The molecule has 0 saturated heterocycles. The molecule has 0 radical (unpaired) electrons. The Kier molecular flexibility index (Phi) is 10.3. The van der Waals surface area contributed by atoms with Gasteiger partial charge in [-0.05, 0) is 73.2 Å². The second kappa shape index (κ2) is 17.0. The smallest absolute Gasteiger partial charge is 0.0875 e. The van der Waals surface area contributed by atoms with Gasteiger partial charge in [0, 0.05) is 0 Å². The van der Waals surface area contributed by atoms with E-state index in [9.17, 15) is 0 Å². The molecule has 0 saturated carbocycles. The van der Waals surface area contributed by atoms with Crippen molar-refractivity contribution >= 4 is 57.6 Å². The summed E-state index contributed by atoms with van der Waals surface area (Å²) in [6.45, 7) is -0.0134. The van der Waals surface area contributed by atoms with Crippen LogP contribution in [0.4, 0.5) is 0 Å². The van der Waals surface area contributed by atoms with E-state index in [1.54, 1.807) is 0 Å². The van der Waals surface area contributed by atoms with Gasteiger partial charge in [0.15, 0.2) is 0 Å². The van der Waals surface area contributed by atoms with Crippen LogP contribution in [0, 0.1) is 0 Å². The largest absolute Gasteiger partial charge is 0.244 e. The van der Waals surface area contributed by atoms with E-state index in [0.717, 1.165) is 6.42 Å². The number of allylic oxidation sites excluding steroid dienone is 8. The van der Waals surface area contributed by atoms with Gasteiger partial charge in [0.1, 0.15) is 0 Å². The molecule has 3 aliphatic rings. The van der Waals surface area contributed by atoms with Crippen molar-refractivity contribution in [2.75, 3.05) is 0 Å². The second-order valence-electron chi connectivity index (χ2n) is 16.6. The van der Waals surface area contributed by atoms with Crippen molar-refractivity contribution in [1.29, 1.82) is 0 Å². The summed E-state index contributed by atoms with van der Waals surface area (Å²) < 4.78 is 0. The highest BCUT2D eigenvalue weighted by molar-refractivity contribution is 7.07. The highest BCUT2D eigenvalue weighted by Gasteiger charge is 2.45. The summed E-state index contributed by atoms with van der Waals surface area (Å²) in [4.78, 5) is 0. The molecule has 8 aromatic carbocycles. The molecule has 0 unspecified atom stereocenters. The van der Waals surface area contributed by atoms with Crippen LogP contribution in [0.5, 0.6) is 0 Å². The molecular weight excluding hydrogens is 754 g/mol. The number of hydrogen-bond donors (Lipinski definition) is 0. The van der Waals surface area contributed by atoms with Crippen molar-refractivity contribution in [3.05, 3.63) is 310 Å². The summed E-state index contributed by atoms with van der Waals surface area (Å²) in [5.41, 5.74) is 23.3. The van der Waals surface area contributed by atoms with Gasteiger partial charge in [0.05, 0.1) is 0 Å². The van der Waals surface area contributed by atoms with Crippen molar-refractivity contribution in [3.63, 3.8) is 0 Å². The second-order valence-corrected chi connectivity index (χ2v) is 16.6. The topological polar surface area (TPSA) is 0 Å². The number of hydrogen-bond acceptors (Lipinski definition) is 0. The van der Waals surface area contributed by atoms with Crippen LogP contribution in [0.2, 0.25) is 0 Å². The average Bonchev–Trinajstić information content (AvgIpc) is 4.10. The van der Waals surface area contributed by atoms with Crippen molar-refractivity contribution in [2.45, 2.75) is 6.42 Å². The van der Waals surface area contributed by atoms with Crippen LogP contribution >= 0.6 is 0 Å². The first kappa shape index (κ1) is 38.3. The van der Waals surface area contributed by atoms with Gasteiger partial charge in [-0.1, -0.05) is 288 Å². The predicted molar refractivity (Wildman–Crippen MR) is 271 cm³/mol. The summed E-state index contributed by atoms with van der Waals surface area (Å²) in [5, 5.41) is 0. The van der Waals surface area contributed by atoms with Crippen LogP contribution in [-0.2, 0) is 0 Å². The van der Waals surface area contributed by atoms with Crippen molar-refractivity contribution in [3.8, 4) is 0 Å². The molecule has 0 amide bonds. The third-order valence-electron chi connectivity index (χ3n) is 13.0. The zero-order valence-corrected chi connectivity index (χ0v) is 35.1. The molecule has 11 rings (SSSR count). The summed E-state index contributed by atoms with van der Waals surface area (Å²) in [5.74, 6) is 0. The average molecular weight is 799 g/mol. The highest BCUT2D eigenvalue weighted by atomic mass is 14.3. The molecule has 0 bridgehead atoms. The lowest BCUT2D eigenvalue weighted by Crippen LogP contribution is -2.21. The van der Waals surface area contributed by atoms with Crippen molar-refractivity contribution in [1.82, 2.24) is 0 Å². The Bertz CT molecular complexity index is 2910. The molecule has 2 heterocycles. The molecule has 0 nitrogen and oxygen atoms in total. The minimum absolute atomic E-state index is 0.00543. The third kappa shape index (κ3) is 7.04. The quantitative estimate of drug-likeness (QED) is 0.121. The molecule has 0 N–H and O–H groups in total. The Hall–Kier alpha value is -7.67. The van der Waals surface area contributed by atoms with Crippen LogP contribution in [-0.4, -0.2) is 13.4 Å². The van der Waals surface area contributed by atoms with E-state index in [2.05, 4.69) is 255 Å². The predicted octanol–water partition coefficient (Wildman–Crippen LogP) is 14.9. The molecule has 8 aromatic rings. The van der Waals surface area contributed by atoms with Gasteiger partial charge < -0.3 is 0 Å². The summed E-state index contributed by atoms with van der Waals surface area (Å²) >= 11 is 0. The fraction of sp³-hybridized carbons (Fsp3) is 0.0164. The lowest BCUT2D eigenvalue weighted by molar-refractivity contribution is 1.39. The maximum Gasteiger partial charge on any atom is 0.244 e. The van der Waals surface area contributed by atoms with E-state index in [1.165, 1.54) is 99.6 Å². The Morgan fingerprint density at radius 1 is 0.238 bits per heavy atom. The lowest BCUT2D eigenvalue weighted by Gasteiger charge is -2.21. The van der Waals surface area contributed by atoms with Crippen molar-refractivity contribution in [2.24, 2.45) is 0 Å². The van der Waals surface area contributed by atoms with E-state index in [-0.39, 0.29) is 13.4 Å². The molecule has 294 valence electrons. The Morgan fingerprint density at radius 2 is 0.460 bits per heavy atom. The minimum atomic E-state index is -0.0189. The van der Waals surface area contributed by atoms with Gasteiger partial charge in [0.2, 0.25) is 13.4 Å². The van der Waals surface area contributed by atoms with Gasteiger partial charge in [-0.2, -0.15) is 0 Å². The molecule has 0 spiro atoms. The van der Waals surface area contributed by atoms with Crippen LogP contribution in [0.25, 0.3) is 44.2 Å². The van der Waals surface area contributed by atoms with Crippen molar-refractivity contribution < 1.29 is 0 Å². The standard InChI is InChI=1S/C61H44B2/c1-9-25-44(26-10-1)54-55(45-27-11-2-12-28-45)59(49-35-19-6-20-36-49)62(58(54)48-33-17-5-18-34-48)52-41-42-53(43-52)63-60(50-37-21-7-22-38-50)56(46-29-13-3-14-30-46)57(47-31-15-4-16-32-47)61(63)51-39-23-8-24-40-51/h1-41,43H,42H2. The van der Waals surface area contributed by atoms with Gasteiger partial charge >= 0.3 is 0 Å². The first-order chi connectivity index (χ1) is 31.3. The van der Waals surface area contributed by atoms with Gasteiger partial charge in [-0.25, -0.2) is 0 Å². The molecule has 2 aliphatic heterocycles. The van der Waals surface area contributed by atoms with Crippen LogP contribution < -0.4 is 0 Å². The number of rotatable bonds is 10. The summed E-state index contributed by atoms with van der Waals surface area (Å²) in [7, 11) is 0. The van der Waals surface area contributed by atoms with Crippen LogP contribution in [0.1, 0.15) is 50.9 Å². The maximum atomic E-state index is 2.60. The molecule has 0 aromatic heterocycles.